The Labute approximate surface area is 242 Å². The zero-order chi connectivity index (χ0) is 28.3. The van der Waals surface area contributed by atoms with E-state index in [4.69, 9.17) is 18.6 Å². The number of hydrogen-bond donors (Lipinski definition) is 0. The third-order valence-electron chi connectivity index (χ3n) is 7.88. The third kappa shape index (κ3) is 8.26. The number of carbonyl (C=O) groups excluding carboxylic acids is 2. The minimum absolute atomic E-state index is 0.117. The van der Waals surface area contributed by atoms with E-state index in [-0.39, 0.29) is 36.4 Å². The van der Waals surface area contributed by atoms with Gasteiger partial charge in [0.2, 0.25) is 0 Å². The maximum atomic E-state index is 13.2. The van der Waals surface area contributed by atoms with E-state index >= 15 is 0 Å². The summed E-state index contributed by atoms with van der Waals surface area (Å²) in [5, 5.41) is 0. The number of hydrogen-bond acceptors (Lipinski definition) is 7. The second-order valence-corrected chi connectivity index (χ2v) is 10.7. The monoisotopic (exact) mass is 557 g/mol. The van der Waals surface area contributed by atoms with Crippen LogP contribution in [-0.2, 0) is 37.0 Å². The highest BCUT2D eigenvalue weighted by Gasteiger charge is 2.45. The van der Waals surface area contributed by atoms with Gasteiger partial charge in [-0.2, -0.15) is 0 Å². The van der Waals surface area contributed by atoms with E-state index in [0.29, 0.717) is 44.8 Å². The molecule has 3 atom stereocenters. The van der Waals surface area contributed by atoms with Crippen molar-refractivity contribution in [1.29, 1.82) is 0 Å². The number of nitrogens with zero attached hydrogens (tertiary/aromatic N) is 1. The van der Waals surface area contributed by atoms with Gasteiger partial charge in [0.15, 0.2) is 5.78 Å². The van der Waals surface area contributed by atoms with Crippen molar-refractivity contribution >= 4 is 11.8 Å². The van der Waals surface area contributed by atoms with Crippen LogP contribution in [0.1, 0.15) is 43.4 Å². The van der Waals surface area contributed by atoms with Crippen LogP contribution in [0, 0.1) is 5.92 Å². The molecular weight excluding hydrogens is 518 g/mol. The SMILES string of the molecule is O=C(CCC=CCC[C@H]1[C@@H](OCc2ccc(-c3ccccc3)cc2)CC(=O)[C@@H]1N1CCOCC1)OCc1ccco1. The highest BCUT2D eigenvalue weighted by atomic mass is 16.5. The number of ketones is 1. The number of furan rings is 1. The number of ether oxygens (including phenoxy) is 3. The average Bonchev–Trinajstić information content (AvgIpc) is 3.65. The topological polar surface area (TPSA) is 78.2 Å². The molecule has 1 aromatic heterocycles. The van der Waals surface area contributed by atoms with Gasteiger partial charge in [0.05, 0.1) is 38.2 Å². The molecule has 2 fully saturated rings. The van der Waals surface area contributed by atoms with E-state index in [1.54, 1.807) is 18.4 Å². The van der Waals surface area contributed by atoms with E-state index < -0.39 is 0 Å². The molecule has 0 bridgehead atoms. The molecule has 0 radical (unpaired) electrons. The van der Waals surface area contributed by atoms with Gasteiger partial charge in [-0.05, 0) is 48.1 Å². The van der Waals surface area contributed by atoms with Crippen molar-refractivity contribution in [2.75, 3.05) is 26.3 Å². The van der Waals surface area contributed by atoms with E-state index in [1.807, 2.05) is 24.3 Å². The molecule has 0 unspecified atom stereocenters. The Balaban J connectivity index is 1.13. The summed E-state index contributed by atoms with van der Waals surface area (Å²) in [4.78, 5) is 27.5. The molecule has 1 saturated carbocycles. The lowest BCUT2D eigenvalue weighted by Gasteiger charge is -2.35. The van der Waals surface area contributed by atoms with Gasteiger partial charge >= 0.3 is 5.97 Å². The predicted molar refractivity (Wildman–Crippen MR) is 156 cm³/mol. The molecule has 7 nitrogen and oxygen atoms in total. The molecule has 2 aliphatic rings. The summed E-state index contributed by atoms with van der Waals surface area (Å²) in [6, 6.07) is 22.2. The van der Waals surface area contributed by atoms with Gasteiger partial charge in [0.25, 0.3) is 0 Å². The molecule has 2 aromatic carbocycles. The van der Waals surface area contributed by atoms with Crippen LogP contribution in [-0.4, -0.2) is 55.1 Å². The zero-order valence-corrected chi connectivity index (χ0v) is 23.5. The molecular formula is C34H39NO6. The van der Waals surface area contributed by atoms with Crippen molar-refractivity contribution in [2.45, 2.75) is 57.5 Å². The van der Waals surface area contributed by atoms with Gasteiger partial charge in [0, 0.05) is 31.8 Å². The summed E-state index contributed by atoms with van der Waals surface area (Å²) in [7, 11) is 0. The Morgan fingerprint density at radius 3 is 2.41 bits per heavy atom. The van der Waals surface area contributed by atoms with E-state index in [1.165, 1.54) is 11.1 Å². The molecule has 5 rings (SSSR count). The van der Waals surface area contributed by atoms with Crippen LogP contribution in [0.3, 0.4) is 0 Å². The highest BCUT2D eigenvalue weighted by molar-refractivity contribution is 5.87. The van der Waals surface area contributed by atoms with E-state index in [2.05, 4.69) is 47.4 Å². The zero-order valence-electron chi connectivity index (χ0n) is 23.5. The number of carbonyl (C=O) groups is 2. The first-order valence-electron chi connectivity index (χ1n) is 14.6. The van der Waals surface area contributed by atoms with Crippen molar-refractivity contribution in [3.63, 3.8) is 0 Å². The number of morpholine rings is 1. The summed E-state index contributed by atoms with van der Waals surface area (Å²) in [6.45, 7) is 3.51. The fourth-order valence-electron chi connectivity index (χ4n) is 5.74. The lowest BCUT2D eigenvalue weighted by atomic mass is 9.93. The van der Waals surface area contributed by atoms with Gasteiger partial charge in [0.1, 0.15) is 12.4 Å². The Bertz CT molecular complexity index is 1250. The molecule has 2 heterocycles. The Morgan fingerprint density at radius 2 is 1.66 bits per heavy atom. The van der Waals surface area contributed by atoms with Crippen molar-refractivity contribution in [2.24, 2.45) is 5.92 Å². The molecule has 1 aliphatic heterocycles. The standard InChI is InChI=1S/C34H39NO6/c36-31-23-32(40-24-26-14-16-28(17-15-26)27-9-4-3-5-10-27)30(34(31)35-18-21-38-22-19-35)12-6-1-2-7-13-33(37)41-25-29-11-8-20-39-29/h1-5,8-11,14-17,20,30,32,34H,6-7,12-13,18-19,21-25H2/t30-,32-,34+/m0/s1. The van der Waals surface area contributed by atoms with Crippen LogP contribution >= 0.6 is 0 Å². The van der Waals surface area contributed by atoms with Crippen LogP contribution in [0.15, 0.2) is 89.6 Å². The molecule has 0 amide bonds. The number of rotatable bonds is 13. The predicted octanol–water partition coefficient (Wildman–Crippen LogP) is 5.98. The second-order valence-electron chi connectivity index (χ2n) is 10.7. The molecule has 216 valence electrons. The lowest BCUT2D eigenvalue weighted by Crippen LogP contribution is -2.49. The average molecular weight is 558 g/mol. The normalized spacial score (nSPS) is 21.5. The lowest BCUT2D eigenvalue weighted by molar-refractivity contribution is -0.145. The summed E-state index contributed by atoms with van der Waals surface area (Å²) in [6.07, 6.45) is 8.64. The molecule has 0 spiro atoms. The minimum Gasteiger partial charge on any atom is -0.466 e. The number of allylic oxidation sites excluding steroid dienone is 2. The summed E-state index contributed by atoms with van der Waals surface area (Å²) in [5.41, 5.74) is 3.46. The van der Waals surface area contributed by atoms with Crippen molar-refractivity contribution in [3.05, 3.63) is 96.5 Å². The van der Waals surface area contributed by atoms with Gasteiger partial charge in [-0.3, -0.25) is 14.5 Å². The van der Waals surface area contributed by atoms with Gasteiger partial charge in [-0.15, -0.1) is 0 Å². The largest absolute Gasteiger partial charge is 0.466 e. The molecule has 3 aromatic rings. The van der Waals surface area contributed by atoms with Crippen molar-refractivity contribution in [3.8, 4) is 11.1 Å². The summed E-state index contributed by atoms with van der Waals surface area (Å²) >= 11 is 0. The maximum absolute atomic E-state index is 13.2. The first-order valence-corrected chi connectivity index (χ1v) is 14.6. The fourth-order valence-corrected chi connectivity index (χ4v) is 5.74. The molecule has 1 saturated heterocycles. The van der Waals surface area contributed by atoms with Crippen molar-refractivity contribution < 1.29 is 28.2 Å². The van der Waals surface area contributed by atoms with Crippen LogP contribution < -0.4 is 0 Å². The highest BCUT2D eigenvalue weighted by Crippen LogP contribution is 2.35. The van der Waals surface area contributed by atoms with Crippen molar-refractivity contribution in [1.82, 2.24) is 4.90 Å². The maximum Gasteiger partial charge on any atom is 0.306 e. The number of benzene rings is 2. The second kappa shape index (κ2) is 14.9. The summed E-state index contributed by atoms with van der Waals surface area (Å²) < 4.78 is 22.4. The Morgan fingerprint density at radius 1 is 0.902 bits per heavy atom. The molecule has 0 N–H and O–H groups in total. The van der Waals surface area contributed by atoms with E-state index in [0.717, 1.165) is 31.5 Å². The Kier molecular flexibility index (Phi) is 10.5. The van der Waals surface area contributed by atoms with E-state index in [9.17, 15) is 9.59 Å². The third-order valence-corrected chi connectivity index (χ3v) is 7.88. The molecule has 41 heavy (non-hydrogen) atoms. The first kappa shape index (κ1) is 29.0. The fraction of sp³-hybridized carbons (Fsp3) is 0.412. The van der Waals surface area contributed by atoms with Crippen LogP contribution in [0.25, 0.3) is 11.1 Å². The van der Waals surface area contributed by atoms with Crippen LogP contribution in [0.5, 0.6) is 0 Å². The summed E-state index contributed by atoms with van der Waals surface area (Å²) in [5.74, 6) is 0.776. The smallest absolute Gasteiger partial charge is 0.306 e. The van der Waals surface area contributed by atoms with Crippen LogP contribution in [0.4, 0.5) is 0 Å². The van der Waals surface area contributed by atoms with Crippen LogP contribution in [0.2, 0.25) is 0 Å². The first-order chi connectivity index (χ1) is 20.2. The minimum atomic E-state index is -0.245. The molecule has 7 heteroatoms. The number of Topliss-reactive ketones (excluding diaryl/α,β-unsaturated/α-hetero) is 1. The molecule has 1 aliphatic carbocycles. The van der Waals surface area contributed by atoms with Gasteiger partial charge < -0.3 is 18.6 Å². The van der Waals surface area contributed by atoms with Gasteiger partial charge in [-0.25, -0.2) is 0 Å². The Hall–Kier alpha value is -3.52. The van der Waals surface area contributed by atoms with Gasteiger partial charge in [-0.1, -0.05) is 66.7 Å². The number of esters is 1. The quantitative estimate of drug-likeness (QED) is 0.189.